The van der Waals surface area contributed by atoms with Gasteiger partial charge in [-0.3, -0.25) is 4.79 Å². The van der Waals surface area contributed by atoms with Gasteiger partial charge in [-0.25, -0.2) is 4.79 Å². The molecule has 0 aromatic heterocycles. The Labute approximate surface area is 143 Å². The van der Waals surface area contributed by atoms with Crippen LogP contribution >= 0.6 is 0 Å². The summed E-state index contributed by atoms with van der Waals surface area (Å²) in [5.74, 6) is 0.154. The van der Waals surface area contributed by atoms with Crippen LogP contribution in [0.2, 0.25) is 0 Å². The Morgan fingerprint density at radius 2 is 2.00 bits per heavy atom. The van der Waals surface area contributed by atoms with Crippen LogP contribution in [-0.2, 0) is 9.53 Å². The molecule has 2 aliphatic rings. The van der Waals surface area contributed by atoms with E-state index in [-0.39, 0.29) is 17.9 Å². The quantitative estimate of drug-likeness (QED) is 0.861. The van der Waals surface area contributed by atoms with E-state index in [2.05, 4.69) is 17.4 Å². The molecular formula is C19H26N2O3. The van der Waals surface area contributed by atoms with Crippen LogP contribution in [-0.4, -0.2) is 42.1 Å². The van der Waals surface area contributed by atoms with Gasteiger partial charge in [0.15, 0.2) is 0 Å². The van der Waals surface area contributed by atoms with E-state index in [1.165, 1.54) is 0 Å². The molecule has 2 amide bonds. The Kier molecular flexibility index (Phi) is 4.28. The fourth-order valence-electron chi connectivity index (χ4n) is 3.88. The Hall–Kier alpha value is -2.04. The predicted octanol–water partition coefficient (Wildman–Crippen LogP) is 2.92. The van der Waals surface area contributed by atoms with Gasteiger partial charge in [0.05, 0.1) is 5.41 Å². The van der Waals surface area contributed by atoms with Crippen molar-refractivity contribution in [2.24, 2.45) is 5.41 Å². The maximum absolute atomic E-state index is 12.7. The topological polar surface area (TPSA) is 58.6 Å². The highest BCUT2D eigenvalue weighted by Gasteiger charge is 2.53. The molecule has 1 N–H and O–H groups in total. The minimum Gasteiger partial charge on any atom is -0.444 e. The van der Waals surface area contributed by atoms with Gasteiger partial charge in [-0.15, -0.1) is 0 Å². The molecule has 2 saturated heterocycles. The van der Waals surface area contributed by atoms with Crippen molar-refractivity contribution in [3.63, 3.8) is 0 Å². The Morgan fingerprint density at radius 1 is 1.29 bits per heavy atom. The maximum atomic E-state index is 12.7. The zero-order valence-corrected chi connectivity index (χ0v) is 14.7. The van der Waals surface area contributed by atoms with Crippen LogP contribution in [0.1, 0.15) is 45.1 Å². The molecule has 1 aromatic carbocycles. The van der Waals surface area contributed by atoms with Crippen molar-refractivity contribution in [3.05, 3.63) is 35.9 Å². The van der Waals surface area contributed by atoms with Crippen LogP contribution in [0.3, 0.4) is 0 Å². The summed E-state index contributed by atoms with van der Waals surface area (Å²) in [5, 5.41) is 3.02. The molecule has 2 aliphatic heterocycles. The number of ether oxygens (including phenoxy) is 1. The smallest absolute Gasteiger partial charge is 0.410 e. The van der Waals surface area contributed by atoms with Crippen molar-refractivity contribution in [2.75, 3.05) is 19.6 Å². The largest absolute Gasteiger partial charge is 0.444 e. The van der Waals surface area contributed by atoms with E-state index in [9.17, 15) is 9.59 Å². The molecular weight excluding hydrogens is 304 g/mol. The summed E-state index contributed by atoms with van der Waals surface area (Å²) >= 11 is 0. The van der Waals surface area contributed by atoms with Crippen molar-refractivity contribution < 1.29 is 14.3 Å². The van der Waals surface area contributed by atoms with Crippen molar-refractivity contribution >= 4 is 12.0 Å². The molecule has 1 aromatic rings. The van der Waals surface area contributed by atoms with Crippen LogP contribution in [0, 0.1) is 5.41 Å². The van der Waals surface area contributed by atoms with Gasteiger partial charge in [-0.2, -0.15) is 0 Å². The van der Waals surface area contributed by atoms with Crippen LogP contribution in [0.25, 0.3) is 0 Å². The van der Waals surface area contributed by atoms with Gasteiger partial charge >= 0.3 is 6.09 Å². The molecule has 0 radical (unpaired) electrons. The number of carbonyl (C=O) groups excluding carboxylic acids is 2. The van der Waals surface area contributed by atoms with Gasteiger partial charge in [0.1, 0.15) is 5.60 Å². The summed E-state index contributed by atoms with van der Waals surface area (Å²) in [6, 6.07) is 10.1. The lowest BCUT2D eigenvalue weighted by Crippen LogP contribution is -2.52. The monoisotopic (exact) mass is 330 g/mol. The van der Waals surface area contributed by atoms with E-state index in [1.54, 1.807) is 4.90 Å². The second-order valence-corrected chi connectivity index (χ2v) is 7.83. The summed E-state index contributed by atoms with van der Waals surface area (Å²) in [7, 11) is 0. The van der Waals surface area contributed by atoms with E-state index < -0.39 is 11.0 Å². The zero-order chi connectivity index (χ0) is 17.4. The number of nitrogens with one attached hydrogen (secondary N) is 1. The summed E-state index contributed by atoms with van der Waals surface area (Å²) in [4.78, 5) is 26.9. The minimum absolute atomic E-state index is 0.0598. The molecule has 2 fully saturated rings. The first kappa shape index (κ1) is 16.8. The highest BCUT2D eigenvalue weighted by molar-refractivity contribution is 5.87. The second-order valence-electron chi connectivity index (χ2n) is 7.83. The molecule has 24 heavy (non-hydrogen) atoms. The first-order valence-electron chi connectivity index (χ1n) is 8.63. The summed E-state index contributed by atoms with van der Waals surface area (Å²) < 4.78 is 5.51. The van der Waals surface area contributed by atoms with Crippen LogP contribution in [0.5, 0.6) is 0 Å². The van der Waals surface area contributed by atoms with Crippen molar-refractivity contribution in [1.82, 2.24) is 10.2 Å². The number of piperidine rings is 1. The number of hydrogen-bond donors (Lipinski definition) is 1. The summed E-state index contributed by atoms with van der Waals surface area (Å²) in [5.41, 5.74) is 0.0801. The van der Waals surface area contributed by atoms with Gasteiger partial charge in [0.2, 0.25) is 5.91 Å². The molecule has 2 atom stereocenters. The lowest BCUT2D eigenvalue weighted by Gasteiger charge is -2.42. The first-order chi connectivity index (χ1) is 11.3. The lowest BCUT2D eigenvalue weighted by molar-refractivity contribution is -0.130. The lowest BCUT2D eigenvalue weighted by atomic mass is 9.69. The summed E-state index contributed by atoms with van der Waals surface area (Å²) in [6.45, 7) is 7.28. The van der Waals surface area contributed by atoms with Crippen LogP contribution in [0.15, 0.2) is 30.3 Å². The SMILES string of the molecule is CC(C)(C)OC(=O)N1CCCC2(C1)C(=O)NCC2c1ccccc1. The molecule has 2 unspecified atom stereocenters. The van der Waals surface area contributed by atoms with Gasteiger partial charge in [-0.05, 0) is 39.2 Å². The average molecular weight is 330 g/mol. The molecule has 1 spiro atoms. The molecule has 0 saturated carbocycles. The maximum Gasteiger partial charge on any atom is 0.410 e. The Bertz CT molecular complexity index is 623. The Morgan fingerprint density at radius 3 is 2.67 bits per heavy atom. The van der Waals surface area contributed by atoms with Crippen molar-refractivity contribution in [3.8, 4) is 0 Å². The average Bonchev–Trinajstić information content (AvgIpc) is 2.83. The molecule has 130 valence electrons. The third kappa shape index (κ3) is 3.12. The number of nitrogens with zero attached hydrogens (tertiary/aromatic N) is 1. The molecule has 0 bridgehead atoms. The molecule has 5 nitrogen and oxygen atoms in total. The fourth-order valence-corrected chi connectivity index (χ4v) is 3.88. The molecule has 0 aliphatic carbocycles. The van der Waals surface area contributed by atoms with Crippen LogP contribution < -0.4 is 5.32 Å². The molecule has 5 heteroatoms. The van der Waals surface area contributed by atoms with E-state index in [4.69, 9.17) is 4.74 Å². The summed E-state index contributed by atoms with van der Waals surface area (Å²) in [6.07, 6.45) is 1.29. The first-order valence-corrected chi connectivity index (χ1v) is 8.63. The Balaban J connectivity index is 1.84. The van der Waals surface area contributed by atoms with E-state index >= 15 is 0 Å². The number of likely N-dealkylation sites (tertiary alicyclic amines) is 1. The number of amides is 2. The fraction of sp³-hybridized carbons (Fsp3) is 0.579. The van der Waals surface area contributed by atoms with Crippen molar-refractivity contribution in [1.29, 1.82) is 0 Å². The van der Waals surface area contributed by atoms with Gasteiger partial charge < -0.3 is 15.0 Å². The van der Waals surface area contributed by atoms with Gasteiger partial charge in [-0.1, -0.05) is 30.3 Å². The minimum atomic E-state index is -0.545. The van der Waals surface area contributed by atoms with E-state index in [0.717, 1.165) is 18.4 Å². The number of hydrogen-bond acceptors (Lipinski definition) is 3. The number of carbonyl (C=O) groups is 2. The second kappa shape index (κ2) is 6.11. The number of benzene rings is 1. The third-order valence-electron chi connectivity index (χ3n) is 4.96. The highest BCUT2D eigenvalue weighted by atomic mass is 16.6. The van der Waals surface area contributed by atoms with E-state index in [0.29, 0.717) is 19.6 Å². The zero-order valence-electron chi connectivity index (χ0n) is 14.7. The van der Waals surface area contributed by atoms with Gasteiger partial charge in [0, 0.05) is 25.6 Å². The normalized spacial score (nSPS) is 27.2. The standard InChI is InChI=1S/C19H26N2O3/c1-18(2,3)24-17(23)21-11-7-10-19(13-21)15(12-20-16(19)22)14-8-5-4-6-9-14/h4-6,8-9,15H,7,10-13H2,1-3H3,(H,20,22). The third-order valence-corrected chi connectivity index (χ3v) is 4.96. The van der Waals surface area contributed by atoms with Crippen molar-refractivity contribution in [2.45, 2.75) is 45.1 Å². The highest BCUT2D eigenvalue weighted by Crippen LogP contribution is 2.46. The van der Waals surface area contributed by atoms with Crippen LogP contribution in [0.4, 0.5) is 4.79 Å². The van der Waals surface area contributed by atoms with Gasteiger partial charge in [0.25, 0.3) is 0 Å². The number of rotatable bonds is 1. The van der Waals surface area contributed by atoms with E-state index in [1.807, 2.05) is 39.0 Å². The molecule has 2 heterocycles. The predicted molar refractivity (Wildman–Crippen MR) is 91.7 cm³/mol. The molecule has 3 rings (SSSR count).